The molecule has 0 saturated heterocycles. The number of nitrogens with one attached hydrogen (secondary N) is 3. The number of halogens is 1. The zero-order valence-corrected chi connectivity index (χ0v) is 7.65. The van der Waals surface area contributed by atoms with Gasteiger partial charge in [-0.15, -0.1) is 0 Å². The van der Waals surface area contributed by atoms with Crippen LogP contribution in [0.15, 0.2) is 6.07 Å². The molecule has 0 aliphatic carbocycles. The van der Waals surface area contributed by atoms with Gasteiger partial charge in [0.2, 0.25) is 0 Å². The zero-order valence-electron chi connectivity index (χ0n) is 6.89. The van der Waals surface area contributed by atoms with E-state index in [4.69, 9.17) is 17.4 Å². The summed E-state index contributed by atoms with van der Waals surface area (Å²) >= 11 is 5.79. The number of hydrazine groups is 1. The number of pyridine rings is 1. The molecular weight excluding hydrogens is 190 g/mol. The molecule has 5 N–H and O–H groups in total. The molecule has 0 atom stereocenters. The monoisotopic (exact) mass is 199 g/mol. The summed E-state index contributed by atoms with van der Waals surface area (Å²) in [6, 6.07) is 1.68. The van der Waals surface area contributed by atoms with Crippen LogP contribution in [0.5, 0.6) is 0 Å². The van der Waals surface area contributed by atoms with Gasteiger partial charge in [0.05, 0.1) is 5.69 Å². The minimum absolute atomic E-state index is 0.419. The van der Waals surface area contributed by atoms with Crippen LogP contribution in [0, 0.1) is 0 Å². The van der Waals surface area contributed by atoms with E-state index in [0.29, 0.717) is 5.15 Å². The van der Waals surface area contributed by atoms with Crippen molar-refractivity contribution in [2.24, 2.45) is 5.84 Å². The van der Waals surface area contributed by atoms with Gasteiger partial charge in [0, 0.05) is 19.2 Å². The van der Waals surface area contributed by atoms with Crippen molar-refractivity contribution in [1.82, 2.24) is 4.98 Å². The molecule has 2 heterocycles. The van der Waals surface area contributed by atoms with Gasteiger partial charge in [-0.1, -0.05) is 11.6 Å². The van der Waals surface area contributed by atoms with Crippen LogP contribution in [0.1, 0.15) is 0 Å². The average Bonchev–Trinajstić information content (AvgIpc) is 2.16. The number of nitrogen functional groups attached to an aromatic ring is 1. The van der Waals surface area contributed by atoms with Gasteiger partial charge in [-0.2, -0.15) is 0 Å². The van der Waals surface area contributed by atoms with Crippen molar-refractivity contribution in [3.8, 4) is 0 Å². The Morgan fingerprint density at radius 1 is 1.46 bits per heavy atom. The highest BCUT2D eigenvalue weighted by Crippen LogP contribution is 2.32. The van der Waals surface area contributed by atoms with Crippen LogP contribution >= 0.6 is 11.6 Å². The highest BCUT2D eigenvalue weighted by molar-refractivity contribution is 6.30. The summed E-state index contributed by atoms with van der Waals surface area (Å²) in [5, 5.41) is 6.73. The molecule has 1 aromatic heterocycles. The van der Waals surface area contributed by atoms with Gasteiger partial charge in [-0.25, -0.2) is 4.98 Å². The molecule has 2 rings (SSSR count). The molecule has 6 heteroatoms. The Kier molecular flexibility index (Phi) is 2.12. The van der Waals surface area contributed by atoms with Crippen LogP contribution in [-0.4, -0.2) is 18.1 Å². The molecule has 13 heavy (non-hydrogen) atoms. The highest BCUT2D eigenvalue weighted by atomic mass is 35.5. The van der Waals surface area contributed by atoms with E-state index in [1.54, 1.807) is 6.07 Å². The first-order valence-corrected chi connectivity index (χ1v) is 4.34. The van der Waals surface area contributed by atoms with Crippen LogP contribution in [0.2, 0.25) is 5.15 Å². The lowest BCUT2D eigenvalue weighted by Gasteiger charge is -2.21. The van der Waals surface area contributed by atoms with Crippen LogP contribution in [0.25, 0.3) is 0 Å². The minimum atomic E-state index is 0.419. The molecule has 5 nitrogen and oxygen atoms in total. The van der Waals surface area contributed by atoms with Gasteiger partial charge in [-0.3, -0.25) is 5.84 Å². The molecule has 70 valence electrons. The molecule has 0 bridgehead atoms. The van der Waals surface area contributed by atoms with Crippen molar-refractivity contribution in [3.05, 3.63) is 11.2 Å². The van der Waals surface area contributed by atoms with Crippen molar-refractivity contribution in [1.29, 1.82) is 0 Å². The molecule has 0 unspecified atom stereocenters. The van der Waals surface area contributed by atoms with E-state index in [2.05, 4.69) is 21.0 Å². The molecule has 0 radical (unpaired) electrons. The number of nitrogens with two attached hydrogens (primary N) is 1. The number of nitrogens with zero attached hydrogens (tertiary/aromatic N) is 1. The van der Waals surface area contributed by atoms with E-state index in [0.717, 1.165) is 30.3 Å². The average molecular weight is 200 g/mol. The van der Waals surface area contributed by atoms with Crippen LogP contribution in [-0.2, 0) is 0 Å². The second-order valence-electron chi connectivity index (χ2n) is 2.71. The first-order chi connectivity index (χ1) is 6.31. The molecule has 1 aliphatic heterocycles. The maximum Gasteiger partial charge on any atom is 0.153 e. The zero-order chi connectivity index (χ0) is 9.26. The normalized spacial score (nSPS) is 14.0. The van der Waals surface area contributed by atoms with Crippen LogP contribution < -0.4 is 21.9 Å². The van der Waals surface area contributed by atoms with Crippen molar-refractivity contribution in [2.45, 2.75) is 0 Å². The standard InChI is InChI=1S/C7H10ClN5/c8-5-3-4(13-9)6-7(12-5)11-2-1-10-6/h3,10H,1-2,9H2,(H2,11,12,13). The number of hydrogen-bond acceptors (Lipinski definition) is 5. The summed E-state index contributed by atoms with van der Waals surface area (Å²) in [5.41, 5.74) is 4.19. The topological polar surface area (TPSA) is 75.0 Å². The molecule has 0 amide bonds. The van der Waals surface area contributed by atoms with E-state index in [1.807, 2.05) is 0 Å². The van der Waals surface area contributed by atoms with Crippen molar-refractivity contribution >= 4 is 28.8 Å². The summed E-state index contributed by atoms with van der Waals surface area (Å²) in [6.07, 6.45) is 0. The van der Waals surface area contributed by atoms with E-state index in [-0.39, 0.29) is 0 Å². The van der Waals surface area contributed by atoms with Gasteiger partial charge in [0.1, 0.15) is 10.8 Å². The maximum atomic E-state index is 5.79. The van der Waals surface area contributed by atoms with Gasteiger partial charge in [0.25, 0.3) is 0 Å². The lowest BCUT2D eigenvalue weighted by atomic mass is 10.3. The highest BCUT2D eigenvalue weighted by Gasteiger charge is 2.14. The van der Waals surface area contributed by atoms with Crippen LogP contribution in [0.3, 0.4) is 0 Å². The van der Waals surface area contributed by atoms with Crippen molar-refractivity contribution < 1.29 is 0 Å². The Morgan fingerprint density at radius 3 is 3.00 bits per heavy atom. The Bertz CT molecular complexity index is 310. The van der Waals surface area contributed by atoms with Gasteiger partial charge in [0.15, 0.2) is 5.82 Å². The lowest BCUT2D eigenvalue weighted by molar-refractivity contribution is 1.02. The number of rotatable bonds is 1. The summed E-state index contributed by atoms with van der Waals surface area (Å²) < 4.78 is 0. The first kappa shape index (κ1) is 8.40. The molecule has 1 aliphatic rings. The molecule has 0 fully saturated rings. The summed E-state index contributed by atoms with van der Waals surface area (Å²) in [6.45, 7) is 1.69. The van der Waals surface area contributed by atoms with Crippen LogP contribution in [0.4, 0.5) is 17.2 Å². The van der Waals surface area contributed by atoms with Gasteiger partial charge >= 0.3 is 0 Å². The maximum absolute atomic E-state index is 5.79. The fraction of sp³-hybridized carbons (Fsp3) is 0.286. The second kappa shape index (κ2) is 3.27. The number of aromatic nitrogens is 1. The molecule has 0 saturated carbocycles. The predicted molar refractivity (Wildman–Crippen MR) is 54.0 cm³/mol. The fourth-order valence-corrected chi connectivity index (χ4v) is 1.50. The lowest BCUT2D eigenvalue weighted by Crippen LogP contribution is -2.23. The summed E-state index contributed by atoms with van der Waals surface area (Å²) in [4.78, 5) is 4.12. The van der Waals surface area contributed by atoms with Crippen molar-refractivity contribution in [3.63, 3.8) is 0 Å². The first-order valence-electron chi connectivity index (χ1n) is 3.96. The van der Waals surface area contributed by atoms with E-state index in [9.17, 15) is 0 Å². The quantitative estimate of drug-likeness (QED) is 0.307. The third-order valence-corrected chi connectivity index (χ3v) is 2.06. The van der Waals surface area contributed by atoms with Gasteiger partial charge < -0.3 is 16.1 Å². The number of fused-ring (bicyclic) bond motifs is 1. The summed E-state index contributed by atoms with van der Waals surface area (Å²) in [5.74, 6) is 6.08. The number of hydrogen-bond donors (Lipinski definition) is 4. The Labute approximate surface area is 80.6 Å². The Hall–Kier alpha value is -1.20. The van der Waals surface area contributed by atoms with Crippen molar-refractivity contribution in [2.75, 3.05) is 29.1 Å². The molecule has 0 spiro atoms. The minimum Gasteiger partial charge on any atom is -0.379 e. The molecular formula is C7H10ClN5. The smallest absolute Gasteiger partial charge is 0.153 e. The summed E-state index contributed by atoms with van der Waals surface area (Å²) in [7, 11) is 0. The third kappa shape index (κ3) is 1.48. The fourth-order valence-electron chi connectivity index (χ4n) is 1.30. The van der Waals surface area contributed by atoms with E-state index in [1.165, 1.54) is 0 Å². The third-order valence-electron chi connectivity index (χ3n) is 1.86. The second-order valence-corrected chi connectivity index (χ2v) is 3.10. The van der Waals surface area contributed by atoms with E-state index < -0.39 is 0 Å². The Balaban J connectivity index is 2.50. The predicted octanol–water partition coefficient (Wildman–Crippen LogP) is 0.858. The van der Waals surface area contributed by atoms with E-state index >= 15 is 0 Å². The Morgan fingerprint density at radius 2 is 2.23 bits per heavy atom. The van der Waals surface area contributed by atoms with Gasteiger partial charge in [-0.05, 0) is 0 Å². The largest absolute Gasteiger partial charge is 0.379 e. The number of anilines is 3. The molecule has 0 aromatic carbocycles. The molecule has 1 aromatic rings. The SMILES string of the molecule is NNc1cc(Cl)nc2c1NCCN2.